The van der Waals surface area contributed by atoms with E-state index in [0.29, 0.717) is 0 Å². The molecule has 2 amide bonds. The number of halogens is 3. The minimum Gasteiger partial charge on any atom is -0.464 e. The molecular formula is C13H19F3N2O6. The number of hydrogen-bond donors (Lipinski definition) is 2. The Morgan fingerprint density at radius 3 is 2.04 bits per heavy atom. The molecule has 0 spiro atoms. The number of alkyl carbamates (subject to hydrolysis) is 1. The van der Waals surface area contributed by atoms with Gasteiger partial charge < -0.3 is 20.1 Å². The molecule has 1 unspecified atom stereocenters. The van der Waals surface area contributed by atoms with Gasteiger partial charge in [0, 0.05) is 0 Å². The van der Waals surface area contributed by atoms with Crippen molar-refractivity contribution in [2.24, 2.45) is 0 Å². The molecule has 0 radical (unpaired) electrons. The lowest BCUT2D eigenvalue weighted by Gasteiger charge is -2.20. The van der Waals surface area contributed by atoms with Crippen molar-refractivity contribution in [2.45, 2.75) is 45.5 Å². The van der Waals surface area contributed by atoms with Crippen LogP contribution in [0.25, 0.3) is 0 Å². The van der Waals surface area contributed by atoms with Crippen molar-refractivity contribution >= 4 is 23.8 Å². The Morgan fingerprint density at radius 2 is 1.62 bits per heavy atom. The second-order valence-electron chi connectivity index (χ2n) is 5.47. The third-order valence-corrected chi connectivity index (χ3v) is 2.16. The molecule has 0 bridgehead atoms. The highest BCUT2D eigenvalue weighted by Crippen LogP contribution is 2.18. The number of nitrogens with one attached hydrogen (secondary N) is 2. The molecule has 11 heteroatoms. The van der Waals surface area contributed by atoms with E-state index in [1.807, 2.05) is 5.32 Å². The quantitative estimate of drug-likeness (QED) is 0.535. The van der Waals surface area contributed by atoms with E-state index in [1.54, 1.807) is 26.1 Å². The Morgan fingerprint density at radius 1 is 1.08 bits per heavy atom. The van der Waals surface area contributed by atoms with E-state index in [2.05, 4.69) is 4.74 Å². The van der Waals surface area contributed by atoms with E-state index in [-0.39, 0.29) is 6.61 Å². The smallest absolute Gasteiger partial charge is 0.452 e. The van der Waals surface area contributed by atoms with Gasteiger partial charge in [-0.2, -0.15) is 13.2 Å². The third kappa shape index (κ3) is 8.34. The van der Waals surface area contributed by atoms with E-state index in [4.69, 9.17) is 4.74 Å². The standard InChI is InChI=1S/C13H19F3N2O6/c1-5-23-10(21)8(9(20)13(14,15)16)18-7(19)6-17-11(22)24-12(2,3)4/h8H,5-6H2,1-4H3,(H,17,22)(H,18,19). The van der Waals surface area contributed by atoms with Crippen LogP contribution in [0.3, 0.4) is 0 Å². The molecule has 2 N–H and O–H groups in total. The number of rotatable bonds is 6. The Labute approximate surface area is 136 Å². The first-order valence-electron chi connectivity index (χ1n) is 6.81. The molecule has 24 heavy (non-hydrogen) atoms. The highest BCUT2D eigenvalue weighted by atomic mass is 19.4. The van der Waals surface area contributed by atoms with Crippen LogP contribution in [0.4, 0.5) is 18.0 Å². The topological polar surface area (TPSA) is 111 Å². The zero-order valence-corrected chi connectivity index (χ0v) is 13.6. The van der Waals surface area contributed by atoms with E-state index in [1.165, 1.54) is 6.92 Å². The maximum absolute atomic E-state index is 12.5. The van der Waals surface area contributed by atoms with Gasteiger partial charge in [-0.1, -0.05) is 0 Å². The Kier molecular flexibility index (Phi) is 7.68. The Hall–Kier alpha value is -2.33. The fourth-order valence-electron chi connectivity index (χ4n) is 1.30. The van der Waals surface area contributed by atoms with Crippen LogP contribution in [0.15, 0.2) is 0 Å². The Bertz CT molecular complexity index is 499. The van der Waals surface area contributed by atoms with Crippen molar-refractivity contribution in [2.75, 3.05) is 13.2 Å². The van der Waals surface area contributed by atoms with E-state index in [0.717, 1.165) is 0 Å². The lowest BCUT2D eigenvalue weighted by Crippen LogP contribution is -2.54. The summed E-state index contributed by atoms with van der Waals surface area (Å²) < 4.78 is 46.5. The molecule has 0 heterocycles. The molecule has 1 atom stereocenters. The predicted octanol–water partition coefficient (Wildman–Crippen LogP) is 0.690. The number of amides is 2. The van der Waals surface area contributed by atoms with Crippen LogP contribution >= 0.6 is 0 Å². The minimum absolute atomic E-state index is 0.285. The zero-order chi connectivity index (χ0) is 19.1. The second-order valence-corrected chi connectivity index (χ2v) is 5.47. The van der Waals surface area contributed by atoms with E-state index in [9.17, 15) is 32.3 Å². The molecule has 0 aliphatic carbocycles. The number of ether oxygens (including phenoxy) is 2. The summed E-state index contributed by atoms with van der Waals surface area (Å²) >= 11 is 0. The molecule has 0 fully saturated rings. The minimum atomic E-state index is -5.34. The van der Waals surface area contributed by atoms with Crippen molar-refractivity contribution in [3.05, 3.63) is 0 Å². The summed E-state index contributed by atoms with van der Waals surface area (Å²) in [5, 5.41) is 3.55. The first kappa shape index (κ1) is 21.7. The molecular weight excluding hydrogens is 337 g/mol. The summed E-state index contributed by atoms with van der Waals surface area (Å²) in [5.74, 6) is -5.23. The summed E-state index contributed by atoms with van der Waals surface area (Å²) in [6.07, 6.45) is -6.34. The summed E-state index contributed by atoms with van der Waals surface area (Å²) in [5.41, 5.74) is -0.847. The number of esters is 1. The summed E-state index contributed by atoms with van der Waals surface area (Å²) in [7, 11) is 0. The number of carbonyl (C=O) groups is 4. The van der Waals surface area contributed by atoms with Crippen LogP contribution in [0, 0.1) is 0 Å². The van der Waals surface area contributed by atoms with Gasteiger partial charge in [0.05, 0.1) is 6.61 Å². The van der Waals surface area contributed by atoms with Gasteiger partial charge >= 0.3 is 18.2 Å². The number of ketones is 1. The number of hydrogen-bond acceptors (Lipinski definition) is 6. The number of Topliss-reactive ketones (excluding diaryl/α,β-unsaturated/α-hetero) is 1. The summed E-state index contributed by atoms with van der Waals surface area (Å²) in [4.78, 5) is 45.5. The molecule has 0 saturated carbocycles. The molecule has 0 aromatic heterocycles. The van der Waals surface area contributed by atoms with Gasteiger partial charge in [-0.15, -0.1) is 0 Å². The van der Waals surface area contributed by atoms with Gasteiger partial charge in [-0.3, -0.25) is 9.59 Å². The van der Waals surface area contributed by atoms with Crippen molar-refractivity contribution in [3.8, 4) is 0 Å². The van der Waals surface area contributed by atoms with Crippen LogP contribution in [-0.2, 0) is 23.9 Å². The zero-order valence-electron chi connectivity index (χ0n) is 13.6. The molecule has 0 aliphatic rings. The van der Waals surface area contributed by atoms with Crippen molar-refractivity contribution < 1.29 is 41.8 Å². The van der Waals surface area contributed by atoms with Crippen LogP contribution < -0.4 is 10.6 Å². The molecule has 138 valence electrons. The van der Waals surface area contributed by atoms with Gasteiger partial charge in [0.15, 0.2) is 6.04 Å². The molecule has 0 aliphatic heterocycles. The lowest BCUT2D eigenvalue weighted by molar-refractivity contribution is -0.178. The van der Waals surface area contributed by atoms with Gasteiger partial charge in [-0.25, -0.2) is 9.59 Å². The van der Waals surface area contributed by atoms with Crippen LogP contribution in [0.2, 0.25) is 0 Å². The molecule has 0 aromatic rings. The lowest BCUT2D eigenvalue weighted by atomic mass is 10.1. The normalized spacial score (nSPS) is 12.8. The fourth-order valence-corrected chi connectivity index (χ4v) is 1.30. The van der Waals surface area contributed by atoms with Crippen LogP contribution in [0.1, 0.15) is 27.7 Å². The fraction of sp³-hybridized carbons (Fsp3) is 0.692. The maximum Gasteiger partial charge on any atom is 0.452 e. The number of alkyl halides is 3. The molecule has 0 rings (SSSR count). The van der Waals surface area contributed by atoms with E-state index < -0.39 is 48.1 Å². The largest absolute Gasteiger partial charge is 0.464 e. The summed E-state index contributed by atoms with van der Waals surface area (Å²) in [6, 6.07) is -2.54. The van der Waals surface area contributed by atoms with E-state index >= 15 is 0 Å². The van der Waals surface area contributed by atoms with Gasteiger partial charge in [0.1, 0.15) is 12.1 Å². The van der Waals surface area contributed by atoms with Crippen LogP contribution in [0.5, 0.6) is 0 Å². The molecule has 0 aromatic carbocycles. The highest BCUT2D eigenvalue weighted by Gasteiger charge is 2.47. The van der Waals surface area contributed by atoms with Crippen molar-refractivity contribution in [3.63, 3.8) is 0 Å². The van der Waals surface area contributed by atoms with Crippen molar-refractivity contribution in [1.82, 2.24) is 10.6 Å². The second kappa shape index (κ2) is 8.50. The third-order valence-electron chi connectivity index (χ3n) is 2.16. The van der Waals surface area contributed by atoms with Gasteiger partial charge in [0.25, 0.3) is 5.78 Å². The SMILES string of the molecule is CCOC(=O)C(NC(=O)CNC(=O)OC(C)(C)C)C(=O)C(F)(F)F. The van der Waals surface area contributed by atoms with Crippen LogP contribution in [-0.4, -0.2) is 54.7 Å². The van der Waals surface area contributed by atoms with Crippen molar-refractivity contribution in [1.29, 1.82) is 0 Å². The predicted molar refractivity (Wildman–Crippen MR) is 73.9 cm³/mol. The Balaban J connectivity index is 4.80. The van der Waals surface area contributed by atoms with Gasteiger partial charge in [0.2, 0.25) is 5.91 Å². The average Bonchev–Trinajstić information content (AvgIpc) is 2.39. The maximum atomic E-state index is 12.5. The average molecular weight is 356 g/mol. The molecule has 0 saturated heterocycles. The highest BCUT2D eigenvalue weighted by molar-refractivity contribution is 6.08. The number of carbonyl (C=O) groups excluding carboxylic acids is 4. The monoisotopic (exact) mass is 356 g/mol. The first-order chi connectivity index (χ1) is 10.8. The molecule has 8 nitrogen and oxygen atoms in total. The summed E-state index contributed by atoms with van der Waals surface area (Å²) in [6.45, 7) is 4.92. The first-order valence-corrected chi connectivity index (χ1v) is 6.81. The van der Waals surface area contributed by atoms with Gasteiger partial charge in [-0.05, 0) is 27.7 Å².